The number of hydroxylamine groups is 1. The highest BCUT2D eigenvalue weighted by atomic mass is 32.2. The summed E-state index contributed by atoms with van der Waals surface area (Å²) in [5, 5.41) is 8.48. The lowest BCUT2D eigenvalue weighted by Crippen LogP contribution is -2.41. The Balaban J connectivity index is 1.02. The zero-order valence-corrected chi connectivity index (χ0v) is 38.6. The summed E-state index contributed by atoms with van der Waals surface area (Å²) in [5.74, 6) is -2.30. The van der Waals surface area contributed by atoms with E-state index in [0.717, 1.165) is 29.4 Å². The molecule has 0 aliphatic carbocycles. The number of benzene rings is 2. The minimum atomic E-state index is -3.47. The van der Waals surface area contributed by atoms with Gasteiger partial charge in [0.1, 0.15) is 11.3 Å². The highest BCUT2D eigenvalue weighted by molar-refractivity contribution is 7.93. The van der Waals surface area contributed by atoms with Crippen LogP contribution in [0.4, 0.5) is 22.7 Å². The molecule has 2 aromatic carbocycles. The molecule has 0 atom stereocenters. The highest BCUT2D eigenvalue weighted by Crippen LogP contribution is 2.20. The second-order valence-corrected chi connectivity index (χ2v) is 16.8. The van der Waals surface area contributed by atoms with Gasteiger partial charge in [0.15, 0.2) is 34.6 Å². The zero-order chi connectivity index (χ0) is 47.7. The minimum Gasteiger partial charge on any atom is -0.378 e. The van der Waals surface area contributed by atoms with E-state index in [-0.39, 0.29) is 56.5 Å². The molecule has 0 saturated carbocycles. The molecule has 4 aromatic rings. The lowest BCUT2D eigenvalue weighted by molar-refractivity contribution is -0.684. The van der Waals surface area contributed by atoms with Crippen molar-refractivity contribution in [2.24, 2.45) is 0 Å². The number of nitrogens with one attached hydrogen (secondary N) is 8. The van der Waals surface area contributed by atoms with E-state index in [4.69, 9.17) is 24.0 Å². The molecule has 356 valence electrons. The number of rotatable bonds is 30. The first kappa shape index (κ1) is 52.2. The number of ether oxygens (including phenoxy) is 2. The predicted octanol–water partition coefficient (Wildman–Crippen LogP) is 1.67. The van der Waals surface area contributed by atoms with Gasteiger partial charge in [0.05, 0.1) is 44.4 Å². The molecule has 0 aliphatic heterocycles. The van der Waals surface area contributed by atoms with Crippen LogP contribution < -0.4 is 52.4 Å². The van der Waals surface area contributed by atoms with Gasteiger partial charge in [-0.2, -0.15) is 14.6 Å². The number of hydrazine groups is 2. The monoisotopic (exact) mass is 956 g/mol. The molecule has 2 aromatic heterocycles. The van der Waals surface area contributed by atoms with Crippen LogP contribution in [0.1, 0.15) is 27.0 Å². The van der Waals surface area contributed by atoms with E-state index in [1.807, 2.05) is 31.3 Å². The van der Waals surface area contributed by atoms with E-state index in [0.29, 0.717) is 60.2 Å². The first-order chi connectivity index (χ1) is 31.7. The fourth-order valence-corrected chi connectivity index (χ4v) is 6.32. The number of hydrogen-bond donors (Lipinski definition) is 8. The number of sulfone groups is 1. The number of aromatic nitrogens is 2. The van der Waals surface area contributed by atoms with E-state index in [9.17, 15) is 27.6 Å². The van der Waals surface area contributed by atoms with Crippen molar-refractivity contribution in [1.29, 1.82) is 0 Å². The molecule has 0 radical (unpaired) electrons. The standard InChI is InChI=1S/C42H54N10O12S2/c1-30-22-35(10-12-37(30)47-49-41(55)29-66(5,57)58)46-40(54)27-52-17-7-9-34(25-52)42(56)43-14-18-59-20-21-60-19-15-44-61-28-33-8-6-16-51(24-33)26-39(53)45-36-11-13-38(31(2)23-36)48-50-62-32(3)63-64-65-4/h6-13,16-17,22-25,44,47-48,50H,3,14-15,18-21,26-29H2,1-2,4-5H3,(H2-2,43,45,46,49,53,54,55,56)/p+2. The summed E-state index contributed by atoms with van der Waals surface area (Å²) in [6.45, 7) is 9.47. The van der Waals surface area contributed by atoms with Gasteiger partial charge in [-0.1, -0.05) is 5.59 Å². The first-order valence-electron chi connectivity index (χ1n) is 20.2. The smallest absolute Gasteiger partial charge is 0.332 e. The summed E-state index contributed by atoms with van der Waals surface area (Å²) >= 11 is 0.997. The summed E-state index contributed by atoms with van der Waals surface area (Å²) in [6, 6.07) is 17.3. The molecule has 0 aliphatic rings. The molecule has 0 bridgehead atoms. The second kappa shape index (κ2) is 27.8. The van der Waals surface area contributed by atoms with E-state index in [1.165, 1.54) is 0 Å². The van der Waals surface area contributed by atoms with Crippen molar-refractivity contribution in [3.8, 4) is 0 Å². The van der Waals surface area contributed by atoms with Crippen LogP contribution in [0.25, 0.3) is 0 Å². The Bertz CT molecular complexity index is 2380. The normalized spacial score (nSPS) is 11.0. The van der Waals surface area contributed by atoms with Gasteiger partial charge in [-0.15, -0.1) is 4.33 Å². The van der Waals surface area contributed by atoms with Crippen molar-refractivity contribution in [3.63, 3.8) is 0 Å². The van der Waals surface area contributed by atoms with Crippen LogP contribution in [0.2, 0.25) is 0 Å². The van der Waals surface area contributed by atoms with Gasteiger partial charge in [-0.3, -0.25) is 45.2 Å². The topological polar surface area (TPSA) is 262 Å². The molecule has 0 spiro atoms. The Morgan fingerprint density at radius 1 is 0.758 bits per heavy atom. The fraction of sp³-hybridized carbons (Fsp3) is 0.333. The van der Waals surface area contributed by atoms with Crippen LogP contribution >= 0.6 is 12.0 Å². The largest absolute Gasteiger partial charge is 0.378 e. The van der Waals surface area contributed by atoms with Crippen molar-refractivity contribution in [2.45, 2.75) is 33.5 Å². The number of carbonyl (C=O) groups is 4. The first-order valence-corrected chi connectivity index (χ1v) is 23.4. The summed E-state index contributed by atoms with van der Waals surface area (Å²) in [4.78, 5) is 65.4. The van der Waals surface area contributed by atoms with Gasteiger partial charge in [0.2, 0.25) is 13.1 Å². The third-order valence-electron chi connectivity index (χ3n) is 8.58. The van der Waals surface area contributed by atoms with Crippen molar-refractivity contribution in [1.82, 2.24) is 21.8 Å². The van der Waals surface area contributed by atoms with E-state index in [1.54, 1.807) is 83.4 Å². The molecule has 0 saturated heterocycles. The fourth-order valence-electron chi connectivity index (χ4n) is 5.63. The molecule has 2 heterocycles. The Kier molecular flexibility index (Phi) is 22.0. The average Bonchev–Trinajstić information content (AvgIpc) is 3.26. The predicted molar refractivity (Wildman–Crippen MR) is 244 cm³/mol. The van der Waals surface area contributed by atoms with E-state index >= 15 is 0 Å². The Hall–Kier alpha value is -6.38. The van der Waals surface area contributed by atoms with E-state index < -0.39 is 21.5 Å². The van der Waals surface area contributed by atoms with Crippen molar-refractivity contribution in [3.05, 3.63) is 120 Å². The lowest BCUT2D eigenvalue weighted by Gasteiger charge is -2.13. The van der Waals surface area contributed by atoms with Gasteiger partial charge in [-0.05, 0) is 80.1 Å². The molecule has 8 N–H and O–H groups in total. The molecule has 22 nitrogen and oxygen atoms in total. The molecular weight excluding hydrogens is 901 g/mol. The second-order valence-electron chi connectivity index (χ2n) is 14.2. The van der Waals surface area contributed by atoms with Crippen LogP contribution in [0.3, 0.4) is 0 Å². The minimum absolute atomic E-state index is 0.0555. The summed E-state index contributed by atoms with van der Waals surface area (Å²) < 4.78 is 41.7. The Morgan fingerprint density at radius 3 is 1.98 bits per heavy atom. The van der Waals surface area contributed by atoms with Crippen LogP contribution in [0.5, 0.6) is 0 Å². The van der Waals surface area contributed by atoms with Crippen molar-refractivity contribution < 1.29 is 65.1 Å². The average molecular weight is 957 g/mol. The zero-order valence-electron chi connectivity index (χ0n) is 37.0. The number of hydrogen-bond acceptors (Lipinski definition) is 17. The lowest BCUT2D eigenvalue weighted by atomic mass is 10.2. The summed E-state index contributed by atoms with van der Waals surface area (Å²) in [7, 11) is -3.47. The summed E-state index contributed by atoms with van der Waals surface area (Å²) in [5.41, 5.74) is 18.3. The summed E-state index contributed by atoms with van der Waals surface area (Å²) in [6.07, 6.45) is 9.50. The maximum Gasteiger partial charge on any atom is 0.332 e. The Morgan fingerprint density at radius 2 is 1.36 bits per heavy atom. The molecule has 66 heavy (non-hydrogen) atoms. The van der Waals surface area contributed by atoms with Crippen LogP contribution in [-0.4, -0.2) is 89.8 Å². The van der Waals surface area contributed by atoms with Gasteiger partial charge in [-0.25, -0.2) is 8.42 Å². The molecule has 0 unspecified atom stereocenters. The van der Waals surface area contributed by atoms with Crippen molar-refractivity contribution >= 4 is 68.3 Å². The number of aryl methyl sites for hydroxylation is 2. The third kappa shape index (κ3) is 20.6. The molecule has 4 rings (SSSR count). The number of pyridine rings is 2. The van der Waals surface area contributed by atoms with Crippen LogP contribution in [-0.2, 0) is 72.3 Å². The van der Waals surface area contributed by atoms with Crippen molar-refractivity contribution in [2.75, 3.05) is 79.3 Å². The van der Waals surface area contributed by atoms with Crippen LogP contribution in [0, 0.1) is 13.8 Å². The maximum atomic E-state index is 12.8. The Labute approximate surface area is 387 Å². The number of carbonyl (C=O) groups excluding carboxylic acids is 4. The number of amides is 4. The van der Waals surface area contributed by atoms with Crippen LogP contribution in [0.15, 0.2) is 98.0 Å². The highest BCUT2D eigenvalue weighted by Gasteiger charge is 2.16. The maximum absolute atomic E-state index is 12.8. The van der Waals surface area contributed by atoms with Gasteiger partial charge in [0.25, 0.3) is 23.6 Å². The molecule has 4 amide bonds. The van der Waals surface area contributed by atoms with E-state index in [2.05, 4.69) is 54.2 Å². The molecule has 24 heteroatoms. The number of nitrogens with zero attached hydrogens (tertiary/aromatic N) is 2. The van der Waals surface area contributed by atoms with Gasteiger partial charge < -0.3 is 30.3 Å². The molecular formula is C42H56N10O12S2+2. The SMILES string of the molecule is C=C(ONNc1ccc(NC(=O)C[n+]2cccc(CONCCOCCOCCNC(=O)c3ccc[n+](CC(=O)Nc4ccc(NNC(=O)CS(C)(=O)=O)c(C)c4)c3)c2)cc1C)OOSC. The number of anilines is 4. The van der Waals surface area contributed by atoms with Gasteiger partial charge >= 0.3 is 5.95 Å². The van der Waals surface area contributed by atoms with Gasteiger partial charge in [0, 0.05) is 66.7 Å². The quantitative estimate of drug-likeness (QED) is 0.00923. The molecule has 0 fully saturated rings. The third-order valence-corrected chi connectivity index (χ3v) is 9.57.